The Hall–Kier alpha value is -2.56. The summed E-state index contributed by atoms with van der Waals surface area (Å²) in [5.41, 5.74) is 3.93. The number of ether oxygens (including phenoxy) is 1. The van der Waals surface area contributed by atoms with Gasteiger partial charge in [0.2, 0.25) is 0 Å². The minimum Gasteiger partial charge on any atom is -0.496 e. The fraction of sp³-hybridized carbons (Fsp3) is 0.250. The van der Waals surface area contributed by atoms with Crippen molar-refractivity contribution in [3.63, 3.8) is 0 Å². The van der Waals surface area contributed by atoms with Gasteiger partial charge in [0, 0.05) is 23.9 Å². The van der Waals surface area contributed by atoms with Gasteiger partial charge in [-0.1, -0.05) is 6.07 Å². The lowest BCUT2D eigenvalue weighted by Gasteiger charge is -2.10. The molecule has 5 heteroatoms. The number of imidazole rings is 1. The van der Waals surface area contributed by atoms with Gasteiger partial charge < -0.3 is 14.4 Å². The summed E-state index contributed by atoms with van der Waals surface area (Å²) in [5, 5.41) is 8.74. The first-order valence-corrected chi connectivity index (χ1v) is 6.57. The van der Waals surface area contributed by atoms with Gasteiger partial charge in [-0.15, -0.1) is 0 Å². The van der Waals surface area contributed by atoms with Crippen molar-refractivity contribution in [2.45, 2.75) is 20.4 Å². The number of hydrogen-bond acceptors (Lipinski definition) is 3. The Morgan fingerprint density at radius 2 is 2.19 bits per heavy atom. The van der Waals surface area contributed by atoms with Gasteiger partial charge in [0.05, 0.1) is 19.1 Å². The van der Waals surface area contributed by atoms with Gasteiger partial charge in [0.25, 0.3) is 0 Å². The molecule has 5 nitrogen and oxygen atoms in total. The summed E-state index contributed by atoms with van der Waals surface area (Å²) in [7, 11) is 1.57. The Kier molecular flexibility index (Phi) is 4.42. The van der Waals surface area contributed by atoms with E-state index in [0.717, 1.165) is 28.6 Å². The summed E-state index contributed by atoms with van der Waals surface area (Å²) in [6.07, 6.45) is 4.45. The van der Waals surface area contributed by atoms with Crippen LogP contribution in [0.2, 0.25) is 0 Å². The van der Waals surface area contributed by atoms with Crippen LogP contribution < -0.4 is 4.74 Å². The SMILES string of the molecule is COc1ccc(Cn2cnc(C)c2C)cc1C=CC(=O)O. The average Bonchev–Trinajstić information content (AvgIpc) is 2.77. The Bertz CT molecular complexity index is 687. The standard InChI is InChI=1S/C16H18N2O3/c1-11-12(2)18(10-17-11)9-13-4-6-15(21-3)14(8-13)5-7-16(19)20/h4-8,10H,9H2,1-3H3,(H,19,20). The van der Waals surface area contributed by atoms with Crippen molar-refractivity contribution >= 4 is 12.0 Å². The van der Waals surface area contributed by atoms with Crippen molar-refractivity contribution in [1.82, 2.24) is 9.55 Å². The molecule has 0 radical (unpaired) electrons. The molecule has 21 heavy (non-hydrogen) atoms. The number of hydrogen-bond donors (Lipinski definition) is 1. The van der Waals surface area contributed by atoms with Crippen molar-refractivity contribution in [3.05, 3.63) is 53.1 Å². The Balaban J connectivity index is 2.31. The molecule has 2 rings (SSSR count). The van der Waals surface area contributed by atoms with Gasteiger partial charge in [0.1, 0.15) is 5.75 Å². The number of rotatable bonds is 5. The first-order valence-electron chi connectivity index (χ1n) is 6.57. The zero-order valence-electron chi connectivity index (χ0n) is 12.3. The zero-order chi connectivity index (χ0) is 15.4. The van der Waals surface area contributed by atoms with Crippen LogP contribution in [0, 0.1) is 13.8 Å². The van der Waals surface area contributed by atoms with Gasteiger partial charge in [0.15, 0.2) is 0 Å². The smallest absolute Gasteiger partial charge is 0.328 e. The van der Waals surface area contributed by atoms with E-state index >= 15 is 0 Å². The van der Waals surface area contributed by atoms with Gasteiger partial charge >= 0.3 is 5.97 Å². The highest BCUT2D eigenvalue weighted by molar-refractivity contribution is 5.86. The summed E-state index contributed by atoms with van der Waals surface area (Å²) < 4.78 is 7.30. The van der Waals surface area contributed by atoms with E-state index in [1.165, 1.54) is 6.08 Å². The molecule has 1 aromatic heterocycles. The molecule has 0 aliphatic rings. The van der Waals surface area contributed by atoms with Crippen molar-refractivity contribution in [3.8, 4) is 5.75 Å². The van der Waals surface area contributed by atoms with Crippen molar-refractivity contribution in [2.24, 2.45) is 0 Å². The maximum atomic E-state index is 10.7. The van der Waals surface area contributed by atoms with E-state index in [1.807, 2.05) is 38.4 Å². The first kappa shape index (κ1) is 14.8. The second kappa shape index (κ2) is 6.26. The number of benzene rings is 1. The molecular formula is C16H18N2O3. The minimum atomic E-state index is -0.983. The molecule has 0 bridgehead atoms. The van der Waals surface area contributed by atoms with E-state index in [4.69, 9.17) is 9.84 Å². The van der Waals surface area contributed by atoms with E-state index < -0.39 is 5.97 Å². The van der Waals surface area contributed by atoms with Crippen LogP contribution in [0.4, 0.5) is 0 Å². The number of carboxylic acids is 1. The lowest BCUT2D eigenvalue weighted by molar-refractivity contribution is -0.131. The highest BCUT2D eigenvalue weighted by Crippen LogP contribution is 2.22. The van der Waals surface area contributed by atoms with Crippen LogP contribution in [0.1, 0.15) is 22.5 Å². The van der Waals surface area contributed by atoms with Crippen LogP contribution in [0.3, 0.4) is 0 Å². The number of carboxylic acid groups (broad SMARTS) is 1. The van der Waals surface area contributed by atoms with Crippen LogP contribution in [-0.4, -0.2) is 27.7 Å². The molecule has 2 aromatic rings. The van der Waals surface area contributed by atoms with Gasteiger partial charge in [-0.25, -0.2) is 9.78 Å². The third-order valence-corrected chi connectivity index (χ3v) is 3.40. The molecule has 1 N–H and O–H groups in total. The van der Waals surface area contributed by atoms with Crippen molar-refractivity contribution in [2.75, 3.05) is 7.11 Å². The molecule has 0 aliphatic carbocycles. The highest BCUT2D eigenvalue weighted by Gasteiger charge is 2.06. The Morgan fingerprint density at radius 1 is 1.43 bits per heavy atom. The highest BCUT2D eigenvalue weighted by atomic mass is 16.5. The molecule has 0 aliphatic heterocycles. The molecule has 0 saturated carbocycles. The van der Waals surface area contributed by atoms with Crippen LogP contribution >= 0.6 is 0 Å². The van der Waals surface area contributed by atoms with Crippen LogP contribution in [0.5, 0.6) is 5.75 Å². The Labute approximate surface area is 123 Å². The van der Waals surface area contributed by atoms with Crippen molar-refractivity contribution < 1.29 is 14.6 Å². The summed E-state index contributed by atoms with van der Waals surface area (Å²) in [6.45, 7) is 4.68. The normalized spacial score (nSPS) is 11.0. The minimum absolute atomic E-state index is 0.648. The molecule has 0 amide bonds. The topological polar surface area (TPSA) is 64.4 Å². The van der Waals surface area contributed by atoms with E-state index in [1.54, 1.807) is 7.11 Å². The molecule has 110 valence electrons. The maximum absolute atomic E-state index is 10.7. The summed E-state index contributed by atoms with van der Waals surface area (Å²) in [6, 6.07) is 5.73. The molecular weight excluding hydrogens is 268 g/mol. The number of aromatic nitrogens is 2. The lowest BCUT2D eigenvalue weighted by Crippen LogP contribution is -2.01. The average molecular weight is 286 g/mol. The van der Waals surface area contributed by atoms with Crippen molar-refractivity contribution in [1.29, 1.82) is 0 Å². The predicted octanol–water partition coefficient (Wildman–Crippen LogP) is 2.65. The summed E-state index contributed by atoms with van der Waals surface area (Å²) >= 11 is 0. The third-order valence-electron chi connectivity index (χ3n) is 3.40. The molecule has 0 saturated heterocycles. The zero-order valence-corrected chi connectivity index (χ0v) is 12.3. The summed E-state index contributed by atoms with van der Waals surface area (Å²) in [4.78, 5) is 14.9. The Morgan fingerprint density at radius 3 is 2.76 bits per heavy atom. The fourth-order valence-electron chi connectivity index (χ4n) is 2.07. The number of aryl methyl sites for hydroxylation is 1. The van der Waals surface area contributed by atoms with E-state index in [2.05, 4.69) is 9.55 Å². The van der Waals surface area contributed by atoms with Gasteiger partial charge in [-0.2, -0.15) is 0 Å². The molecule has 0 spiro atoms. The maximum Gasteiger partial charge on any atom is 0.328 e. The van der Waals surface area contributed by atoms with E-state index in [9.17, 15) is 4.79 Å². The second-order valence-corrected chi connectivity index (χ2v) is 4.79. The summed E-state index contributed by atoms with van der Waals surface area (Å²) in [5.74, 6) is -0.335. The number of aliphatic carboxylic acids is 1. The first-order chi connectivity index (χ1) is 10.0. The molecule has 1 aromatic carbocycles. The monoisotopic (exact) mass is 286 g/mol. The third kappa shape index (κ3) is 3.51. The van der Waals surface area contributed by atoms with Crippen LogP contribution in [-0.2, 0) is 11.3 Å². The number of carbonyl (C=O) groups is 1. The largest absolute Gasteiger partial charge is 0.496 e. The second-order valence-electron chi connectivity index (χ2n) is 4.79. The van der Waals surface area contributed by atoms with E-state index in [-0.39, 0.29) is 0 Å². The molecule has 0 unspecified atom stereocenters. The number of methoxy groups -OCH3 is 1. The molecule has 1 heterocycles. The fourth-order valence-corrected chi connectivity index (χ4v) is 2.07. The number of nitrogens with zero attached hydrogens (tertiary/aromatic N) is 2. The van der Waals surface area contributed by atoms with Crippen LogP contribution in [0.15, 0.2) is 30.6 Å². The lowest BCUT2D eigenvalue weighted by atomic mass is 10.1. The van der Waals surface area contributed by atoms with Gasteiger partial charge in [-0.05, 0) is 37.6 Å². The molecule has 0 fully saturated rings. The predicted molar refractivity (Wildman–Crippen MR) is 80.5 cm³/mol. The molecule has 0 atom stereocenters. The van der Waals surface area contributed by atoms with E-state index in [0.29, 0.717) is 12.3 Å². The van der Waals surface area contributed by atoms with Crippen LogP contribution in [0.25, 0.3) is 6.08 Å². The van der Waals surface area contributed by atoms with Gasteiger partial charge in [-0.3, -0.25) is 0 Å². The quantitative estimate of drug-likeness (QED) is 0.858.